The fraction of sp³-hybridized carbons (Fsp3) is 0.0769. The SMILES string of the molecule is CN(c1cccc(C#N)c1)c1cnc(C(=O)O)cn1. The normalized spacial score (nSPS) is 9.68. The molecule has 0 radical (unpaired) electrons. The molecule has 0 saturated heterocycles. The molecule has 0 amide bonds. The van der Waals surface area contributed by atoms with E-state index in [-0.39, 0.29) is 5.69 Å². The second-order valence-corrected chi connectivity index (χ2v) is 3.79. The van der Waals surface area contributed by atoms with Gasteiger partial charge >= 0.3 is 5.97 Å². The fourth-order valence-electron chi connectivity index (χ4n) is 1.52. The average molecular weight is 254 g/mol. The second-order valence-electron chi connectivity index (χ2n) is 3.79. The standard InChI is InChI=1S/C13H10N4O2/c1-17(10-4-2-3-9(5-10)6-14)12-8-15-11(7-16-12)13(18)19/h2-5,7-8H,1H3,(H,18,19). The molecule has 1 aromatic heterocycles. The Morgan fingerprint density at radius 1 is 1.37 bits per heavy atom. The monoisotopic (exact) mass is 254 g/mol. The number of carboxylic acids is 1. The van der Waals surface area contributed by atoms with Crippen molar-refractivity contribution in [3.8, 4) is 6.07 Å². The highest BCUT2D eigenvalue weighted by Gasteiger charge is 2.09. The highest BCUT2D eigenvalue weighted by molar-refractivity contribution is 5.85. The zero-order chi connectivity index (χ0) is 13.8. The van der Waals surface area contributed by atoms with E-state index in [1.54, 1.807) is 30.1 Å². The number of carbonyl (C=O) groups is 1. The van der Waals surface area contributed by atoms with E-state index in [4.69, 9.17) is 10.4 Å². The lowest BCUT2D eigenvalue weighted by Gasteiger charge is -2.17. The van der Waals surface area contributed by atoms with Gasteiger partial charge in [0.25, 0.3) is 0 Å². The molecule has 6 nitrogen and oxygen atoms in total. The average Bonchev–Trinajstić information content (AvgIpc) is 2.46. The van der Waals surface area contributed by atoms with Crippen LogP contribution < -0.4 is 4.90 Å². The molecule has 2 rings (SSSR count). The van der Waals surface area contributed by atoms with Crippen molar-refractivity contribution < 1.29 is 9.90 Å². The Balaban J connectivity index is 2.30. The lowest BCUT2D eigenvalue weighted by molar-refractivity contribution is 0.0690. The number of benzene rings is 1. The predicted molar refractivity (Wildman–Crippen MR) is 68.2 cm³/mol. The first-order valence-electron chi connectivity index (χ1n) is 5.41. The minimum atomic E-state index is -1.12. The summed E-state index contributed by atoms with van der Waals surface area (Å²) >= 11 is 0. The largest absolute Gasteiger partial charge is 0.476 e. The number of hydrogen-bond acceptors (Lipinski definition) is 5. The summed E-state index contributed by atoms with van der Waals surface area (Å²) in [5, 5.41) is 17.6. The van der Waals surface area contributed by atoms with E-state index < -0.39 is 5.97 Å². The van der Waals surface area contributed by atoms with E-state index in [2.05, 4.69) is 16.0 Å². The van der Waals surface area contributed by atoms with Gasteiger partial charge in [-0.3, -0.25) is 0 Å². The maximum Gasteiger partial charge on any atom is 0.356 e. The Kier molecular flexibility index (Phi) is 3.39. The van der Waals surface area contributed by atoms with Gasteiger partial charge in [0, 0.05) is 12.7 Å². The van der Waals surface area contributed by atoms with Crippen LogP contribution in [0.3, 0.4) is 0 Å². The van der Waals surface area contributed by atoms with Crippen LogP contribution in [0, 0.1) is 11.3 Å². The van der Waals surface area contributed by atoms with Gasteiger partial charge in [0.1, 0.15) is 0 Å². The molecule has 0 aliphatic carbocycles. The highest BCUT2D eigenvalue weighted by atomic mass is 16.4. The molecule has 6 heteroatoms. The number of rotatable bonds is 3. The van der Waals surface area contributed by atoms with Crippen molar-refractivity contribution in [3.63, 3.8) is 0 Å². The zero-order valence-corrected chi connectivity index (χ0v) is 10.1. The van der Waals surface area contributed by atoms with Crippen molar-refractivity contribution in [1.82, 2.24) is 9.97 Å². The molecule has 0 unspecified atom stereocenters. The van der Waals surface area contributed by atoms with E-state index in [9.17, 15) is 4.79 Å². The van der Waals surface area contributed by atoms with Crippen LogP contribution in [-0.4, -0.2) is 28.1 Å². The van der Waals surface area contributed by atoms with Gasteiger partial charge in [-0.25, -0.2) is 14.8 Å². The van der Waals surface area contributed by atoms with Gasteiger partial charge in [-0.15, -0.1) is 0 Å². The molecule has 0 spiro atoms. The minimum Gasteiger partial charge on any atom is -0.476 e. The first-order valence-corrected chi connectivity index (χ1v) is 5.41. The third-order valence-corrected chi connectivity index (χ3v) is 2.56. The first-order chi connectivity index (χ1) is 9.11. The highest BCUT2D eigenvalue weighted by Crippen LogP contribution is 2.21. The molecule has 0 fully saturated rings. The number of aromatic carboxylic acids is 1. The number of nitrogens with zero attached hydrogens (tertiary/aromatic N) is 4. The van der Waals surface area contributed by atoms with E-state index in [1.807, 2.05) is 6.07 Å². The lowest BCUT2D eigenvalue weighted by atomic mass is 10.2. The van der Waals surface area contributed by atoms with Gasteiger partial charge in [0.2, 0.25) is 0 Å². The van der Waals surface area contributed by atoms with Crippen LogP contribution in [-0.2, 0) is 0 Å². The summed E-state index contributed by atoms with van der Waals surface area (Å²) in [6, 6.07) is 9.07. The molecule has 0 aliphatic heterocycles. The zero-order valence-electron chi connectivity index (χ0n) is 10.1. The van der Waals surface area contributed by atoms with Gasteiger partial charge in [0.05, 0.1) is 24.0 Å². The molecule has 1 N–H and O–H groups in total. The Hall–Kier alpha value is -2.94. The number of nitriles is 1. The molecule has 19 heavy (non-hydrogen) atoms. The Labute approximate surface area is 109 Å². The smallest absolute Gasteiger partial charge is 0.356 e. The van der Waals surface area contributed by atoms with Gasteiger partial charge in [-0.2, -0.15) is 5.26 Å². The van der Waals surface area contributed by atoms with E-state index in [0.717, 1.165) is 5.69 Å². The van der Waals surface area contributed by atoms with Gasteiger partial charge in [-0.05, 0) is 18.2 Å². The molecule has 0 saturated carbocycles. The molecule has 1 aromatic carbocycles. The van der Waals surface area contributed by atoms with Gasteiger partial charge in [0.15, 0.2) is 11.5 Å². The molecule has 94 valence electrons. The van der Waals surface area contributed by atoms with Crippen LogP contribution in [0.25, 0.3) is 0 Å². The molecule has 0 atom stereocenters. The Morgan fingerprint density at radius 2 is 2.16 bits per heavy atom. The summed E-state index contributed by atoms with van der Waals surface area (Å²) in [5.41, 5.74) is 1.21. The number of aromatic nitrogens is 2. The minimum absolute atomic E-state index is 0.108. The van der Waals surface area contributed by atoms with Crippen molar-refractivity contribution in [3.05, 3.63) is 47.9 Å². The topological polar surface area (TPSA) is 90.1 Å². The summed E-state index contributed by atoms with van der Waals surface area (Å²) < 4.78 is 0. The molecule has 2 aromatic rings. The summed E-state index contributed by atoms with van der Waals surface area (Å²) in [5.74, 6) is -0.617. The summed E-state index contributed by atoms with van der Waals surface area (Å²) in [7, 11) is 1.76. The van der Waals surface area contributed by atoms with Gasteiger partial charge in [-0.1, -0.05) is 6.07 Å². The molecule has 0 bridgehead atoms. The van der Waals surface area contributed by atoms with Crippen LogP contribution in [0.2, 0.25) is 0 Å². The molecule has 1 heterocycles. The van der Waals surface area contributed by atoms with Crippen molar-refractivity contribution >= 4 is 17.5 Å². The van der Waals surface area contributed by atoms with Crippen LogP contribution in [0.5, 0.6) is 0 Å². The summed E-state index contributed by atoms with van der Waals surface area (Å²) in [4.78, 5) is 20.2. The Morgan fingerprint density at radius 3 is 2.74 bits per heavy atom. The predicted octanol–water partition coefficient (Wildman–Crippen LogP) is 1.81. The van der Waals surface area contributed by atoms with E-state index in [1.165, 1.54) is 12.4 Å². The van der Waals surface area contributed by atoms with Crippen molar-refractivity contribution in [2.45, 2.75) is 0 Å². The van der Waals surface area contributed by atoms with Crippen molar-refractivity contribution in [2.24, 2.45) is 0 Å². The van der Waals surface area contributed by atoms with Crippen molar-refractivity contribution in [2.75, 3.05) is 11.9 Å². The molecular weight excluding hydrogens is 244 g/mol. The summed E-state index contributed by atoms with van der Waals surface area (Å²) in [6.07, 6.45) is 2.57. The maximum atomic E-state index is 10.7. The number of hydrogen-bond donors (Lipinski definition) is 1. The number of carboxylic acid groups (broad SMARTS) is 1. The quantitative estimate of drug-likeness (QED) is 0.898. The lowest BCUT2D eigenvalue weighted by Crippen LogP contribution is -2.12. The first kappa shape index (κ1) is 12.5. The van der Waals surface area contributed by atoms with E-state index >= 15 is 0 Å². The van der Waals surface area contributed by atoms with Crippen LogP contribution >= 0.6 is 0 Å². The van der Waals surface area contributed by atoms with Crippen molar-refractivity contribution in [1.29, 1.82) is 5.26 Å². The van der Waals surface area contributed by atoms with E-state index in [0.29, 0.717) is 11.4 Å². The third-order valence-electron chi connectivity index (χ3n) is 2.56. The Bertz CT molecular complexity index is 646. The fourth-order valence-corrected chi connectivity index (χ4v) is 1.52. The summed E-state index contributed by atoms with van der Waals surface area (Å²) in [6.45, 7) is 0. The molecule has 0 aliphatic rings. The van der Waals surface area contributed by atoms with Crippen LogP contribution in [0.4, 0.5) is 11.5 Å². The third kappa shape index (κ3) is 2.66. The second kappa shape index (κ2) is 5.14. The van der Waals surface area contributed by atoms with Crippen LogP contribution in [0.15, 0.2) is 36.7 Å². The maximum absolute atomic E-state index is 10.7. The number of anilines is 2. The van der Waals surface area contributed by atoms with Crippen LogP contribution in [0.1, 0.15) is 16.1 Å². The molecular formula is C13H10N4O2. The van der Waals surface area contributed by atoms with Gasteiger partial charge < -0.3 is 10.0 Å².